The van der Waals surface area contributed by atoms with Crippen LogP contribution in [0.15, 0.2) is 36.4 Å². The van der Waals surface area contributed by atoms with Crippen molar-refractivity contribution in [1.29, 1.82) is 0 Å². The summed E-state index contributed by atoms with van der Waals surface area (Å²) in [6.45, 7) is 2.87. The van der Waals surface area contributed by atoms with Gasteiger partial charge in [-0.25, -0.2) is 0 Å². The molecule has 0 spiro atoms. The van der Waals surface area contributed by atoms with Gasteiger partial charge < -0.3 is 10.5 Å². The van der Waals surface area contributed by atoms with E-state index < -0.39 is 6.61 Å². The number of hydrogen-bond donors (Lipinski definition) is 1. The minimum Gasteiger partial charge on any atom is -0.435 e. The smallest absolute Gasteiger partial charge is 0.387 e. The van der Waals surface area contributed by atoms with Crippen molar-refractivity contribution in [2.24, 2.45) is 5.73 Å². The second-order valence-corrected chi connectivity index (χ2v) is 3.72. The summed E-state index contributed by atoms with van der Waals surface area (Å²) in [4.78, 5) is 0. The van der Waals surface area contributed by atoms with E-state index in [-0.39, 0.29) is 11.8 Å². The number of nitrogens with two attached hydrogens (primary N) is 1. The Morgan fingerprint density at radius 2 is 1.94 bits per heavy atom. The monoisotopic (exact) mass is 227 g/mol. The molecule has 0 saturated heterocycles. The minimum atomic E-state index is -2.80. The quantitative estimate of drug-likeness (QED) is 0.783. The first-order chi connectivity index (χ1) is 7.49. The van der Waals surface area contributed by atoms with Gasteiger partial charge in [0.2, 0.25) is 0 Å². The largest absolute Gasteiger partial charge is 0.435 e. The van der Waals surface area contributed by atoms with E-state index in [1.54, 1.807) is 12.1 Å². The molecule has 0 aromatic heterocycles. The van der Waals surface area contributed by atoms with Crippen LogP contribution in [-0.2, 0) is 0 Å². The van der Waals surface area contributed by atoms with Gasteiger partial charge in [-0.1, -0.05) is 17.7 Å². The molecule has 0 aliphatic carbocycles. The fraction of sp³-hybridized carbons (Fsp3) is 0.333. The van der Waals surface area contributed by atoms with Crippen LogP contribution in [0.3, 0.4) is 0 Å². The first-order valence-corrected chi connectivity index (χ1v) is 4.93. The Morgan fingerprint density at radius 3 is 2.38 bits per heavy atom. The third-order valence-electron chi connectivity index (χ3n) is 2.10. The summed E-state index contributed by atoms with van der Waals surface area (Å²) in [5, 5.41) is 0. The molecule has 0 unspecified atom stereocenters. The van der Waals surface area contributed by atoms with Crippen LogP contribution in [0.2, 0.25) is 0 Å². The zero-order valence-electron chi connectivity index (χ0n) is 9.12. The fourth-order valence-corrected chi connectivity index (χ4v) is 1.39. The molecule has 0 saturated carbocycles. The van der Waals surface area contributed by atoms with Gasteiger partial charge in [0.15, 0.2) is 0 Å². The fourth-order valence-electron chi connectivity index (χ4n) is 1.39. The normalized spacial score (nSPS) is 12.6. The molecule has 1 aromatic carbocycles. The van der Waals surface area contributed by atoms with Crippen LogP contribution in [0.1, 0.15) is 24.9 Å². The molecule has 1 rings (SSSR count). The molecule has 1 atom stereocenters. The number of benzene rings is 1. The molecular formula is C12H15F2NO. The molecule has 2 nitrogen and oxygen atoms in total. The van der Waals surface area contributed by atoms with Crippen molar-refractivity contribution in [2.75, 3.05) is 0 Å². The molecule has 4 heteroatoms. The molecule has 0 aliphatic heterocycles. The lowest BCUT2D eigenvalue weighted by molar-refractivity contribution is -0.0498. The first-order valence-electron chi connectivity index (χ1n) is 4.93. The number of ether oxygens (including phenoxy) is 1. The maximum absolute atomic E-state index is 11.9. The summed E-state index contributed by atoms with van der Waals surface area (Å²) >= 11 is 0. The van der Waals surface area contributed by atoms with Crippen LogP contribution in [-0.4, -0.2) is 6.61 Å². The van der Waals surface area contributed by atoms with Crippen molar-refractivity contribution in [3.63, 3.8) is 0 Å². The van der Waals surface area contributed by atoms with E-state index in [9.17, 15) is 8.78 Å². The molecule has 0 radical (unpaired) electrons. The molecule has 0 heterocycles. The molecule has 1 aromatic rings. The average molecular weight is 227 g/mol. The zero-order chi connectivity index (χ0) is 12.1. The van der Waals surface area contributed by atoms with E-state index in [0.717, 1.165) is 11.1 Å². The van der Waals surface area contributed by atoms with Crippen LogP contribution in [0, 0.1) is 0 Å². The summed E-state index contributed by atoms with van der Waals surface area (Å²) in [7, 11) is 0. The van der Waals surface area contributed by atoms with Crippen molar-refractivity contribution in [3.05, 3.63) is 42.0 Å². The van der Waals surface area contributed by atoms with Crippen LogP contribution in [0.5, 0.6) is 5.75 Å². The van der Waals surface area contributed by atoms with Crippen molar-refractivity contribution >= 4 is 0 Å². The Balaban J connectivity index is 2.66. The van der Waals surface area contributed by atoms with Gasteiger partial charge in [0, 0.05) is 6.04 Å². The predicted octanol–water partition coefficient (Wildman–Crippen LogP) is 3.25. The van der Waals surface area contributed by atoms with Gasteiger partial charge in [-0.3, -0.25) is 0 Å². The summed E-state index contributed by atoms with van der Waals surface area (Å²) < 4.78 is 28.0. The van der Waals surface area contributed by atoms with Gasteiger partial charge in [0.05, 0.1) is 0 Å². The van der Waals surface area contributed by atoms with E-state index in [0.29, 0.717) is 6.42 Å². The van der Waals surface area contributed by atoms with Crippen LogP contribution in [0.4, 0.5) is 8.78 Å². The van der Waals surface area contributed by atoms with Gasteiger partial charge in [0.25, 0.3) is 0 Å². The van der Waals surface area contributed by atoms with Gasteiger partial charge >= 0.3 is 6.61 Å². The standard InChI is InChI=1S/C12H15F2NO/c1-8(2)7-11(15)9-3-5-10(6-4-9)16-12(13)14/h3-6,11-12H,1,7,15H2,2H3/t11-/m1/s1. The van der Waals surface area contributed by atoms with E-state index in [1.807, 2.05) is 6.92 Å². The molecule has 0 aliphatic rings. The third-order valence-corrected chi connectivity index (χ3v) is 2.10. The second-order valence-electron chi connectivity index (χ2n) is 3.72. The number of alkyl halides is 2. The Morgan fingerprint density at radius 1 is 1.38 bits per heavy atom. The summed E-state index contributed by atoms with van der Waals surface area (Å²) in [6.07, 6.45) is 0.676. The van der Waals surface area contributed by atoms with Crippen molar-refractivity contribution < 1.29 is 13.5 Å². The Labute approximate surface area is 93.7 Å². The van der Waals surface area contributed by atoms with E-state index in [2.05, 4.69) is 11.3 Å². The lowest BCUT2D eigenvalue weighted by Gasteiger charge is -2.12. The highest BCUT2D eigenvalue weighted by Crippen LogP contribution is 2.21. The highest BCUT2D eigenvalue weighted by molar-refractivity contribution is 5.29. The summed E-state index contributed by atoms with van der Waals surface area (Å²) in [6, 6.07) is 6.19. The Kier molecular flexibility index (Phi) is 4.43. The molecule has 88 valence electrons. The van der Waals surface area contributed by atoms with E-state index >= 15 is 0 Å². The Bertz CT molecular complexity index is 349. The Hall–Kier alpha value is -1.42. The molecule has 0 amide bonds. The third kappa shape index (κ3) is 3.98. The average Bonchev–Trinajstić information content (AvgIpc) is 2.16. The SMILES string of the molecule is C=C(C)C[C@@H](N)c1ccc(OC(F)F)cc1. The second kappa shape index (κ2) is 5.61. The highest BCUT2D eigenvalue weighted by atomic mass is 19.3. The minimum absolute atomic E-state index is 0.140. The van der Waals surface area contributed by atoms with Crippen LogP contribution < -0.4 is 10.5 Å². The van der Waals surface area contributed by atoms with Crippen molar-refractivity contribution in [2.45, 2.75) is 26.0 Å². The van der Waals surface area contributed by atoms with Crippen molar-refractivity contribution in [3.8, 4) is 5.75 Å². The maximum Gasteiger partial charge on any atom is 0.387 e. The van der Waals surface area contributed by atoms with Gasteiger partial charge in [-0.15, -0.1) is 6.58 Å². The molecule has 0 fully saturated rings. The maximum atomic E-state index is 11.9. The first kappa shape index (κ1) is 12.6. The van der Waals surface area contributed by atoms with Crippen LogP contribution >= 0.6 is 0 Å². The van der Waals surface area contributed by atoms with Crippen molar-refractivity contribution in [1.82, 2.24) is 0 Å². The molecule has 2 N–H and O–H groups in total. The zero-order valence-corrected chi connectivity index (χ0v) is 9.12. The molecule has 0 bridgehead atoms. The predicted molar refractivity (Wildman–Crippen MR) is 59.4 cm³/mol. The topological polar surface area (TPSA) is 35.2 Å². The number of rotatable bonds is 5. The summed E-state index contributed by atoms with van der Waals surface area (Å²) in [5.74, 6) is 0.140. The van der Waals surface area contributed by atoms with Gasteiger partial charge in [-0.05, 0) is 31.0 Å². The van der Waals surface area contributed by atoms with Gasteiger partial charge in [-0.2, -0.15) is 8.78 Å². The molecular weight excluding hydrogens is 212 g/mol. The summed E-state index contributed by atoms with van der Waals surface area (Å²) in [5.41, 5.74) is 7.76. The van der Waals surface area contributed by atoms with Crippen LogP contribution in [0.25, 0.3) is 0 Å². The number of halogens is 2. The van der Waals surface area contributed by atoms with E-state index in [1.165, 1.54) is 12.1 Å². The van der Waals surface area contributed by atoms with E-state index in [4.69, 9.17) is 5.73 Å². The lowest BCUT2D eigenvalue weighted by Crippen LogP contribution is -2.10. The number of hydrogen-bond acceptors (Lipinski definition) is 2. The lowest BCUT2D eigenvalue weighted by atomic mass is 10.0. The van der Waals surface area contributed by atoms with Gasteiger partial charge in [0.1, 0.15) is 5.75 Å². The molecule has 16 heavy (non-hydrogen) atoms. The highest BCUT2D eigenvalue weighted by Gasteiger charge is 2.08.